The SMILES string of the molecule is Cl.Cl.Nc1ccncn1. The Morgan fingerprint density at radius 3 is 2.22 bits per heavy atom. The van der Waals surface area contributed by atoms with Gasteiger partial charge in [0.05, 0.1) is 0 Å². The molecule has 5 heteroatoms. The monoisotopic (exact) mass is 167 g/mol. The summed E-state index contributed by atoms with van der Waals surface area (Å²) in [5.74, 6) is 0.509. The van der Waals surface area contributed by atoms with E-state index < -0.39 is 0 Å². The van der Waals surface area contributed by atoms with Crippen LogP contribution in [-0.4, -0.2) is 9.97 Å². The van der Waals surface area contributed by atoms with Crippen LogP contribution in [0.25, 0.3) is 0 Å². The Kier molecular flexibility index (Phi) is 7.01. The Labute approximate surface area is 65.5 Å². The van der Waals surface area contributed by atoms with Gasteiger partial charge in [0, 0.05) is 6.20 Å². The lowest BCUT2D eigenvalue weighted by Gasteiger charge is -1.82. The van der Waals surface area contributed by atoms with Gasteiger partial charge in [-0.2, -0.15) is 0 Å². The van der Waals surface area contributed by atoms with E-state index in [1.165, 1.54) is 6.33 Å². The molecule has 0 saturated heterocycles. The third kappa shape index (κ3) is 4.00. The standard InChI is InChI=1S/C4H5N3.2ClH/c5-4-1-2-6-3-7-4;;/h1-3H,(H2,5,6,7);2*1H. The highest BCUT2D eigenvalue weighted by molar-refractivity contribution is 5.85. The maximum Gasteiger partial charge on any atom is 0.126 e. The molecule has 0 amide bonds. The minimum absolute atomic E-state index is 0. The van der Waals surface area contributed by atoms with Crippen LogP contribution in [0, 0.1) is 0 Å². The molecular weight excluding hydrogens is 161 g/mol. The van der Waals surface area contributed by atoms with Crippen LogP contribution in [0.3, 0.4) is 0 Å². The van der Waals surface area contributed by atoms with Crippen LogP contribution in [0.2, 0.25) is 0 Å². The molecule has 9 heavy (non-hydrogen) atoms. The maximum atomic E-state index is 5.21. The van der Waals surface area contributed by atoms with Crippen molar-refractivity contribution in [2.24, 2.45) is 0 Å². The molecule has 52 valence electrons. The van der Waals surface area contributed by atoms with Crippen LogP contribution in [0.4, 0.5) is 5.82 Å². The molecule has 3 nitrogen and oxygen atoms in total. The second-order valence-corrected chi connectivity index (χ2v) is 1.13. The predicted octanol–water partition coefficient (Wildman–Crippen LogP) is 0.902. The molecule has 0 aromatic carbocycles. The van der Waals surface area contributed by atoms with Gasteiger partial charge in [-0.15, -0.1) is 24.8 Å². The molecule has 0 spiro atoms. The molecule has 2 N–H and O–H groups in total. The third-order valence-electron chi connectivity index (χ3n) is 0.605. The van der Waals surface area contributed by atoms with Gasteiger partial charge in [-0.05, 0) is 6.07 Å². The zero-order chi connectivity index (χ0) is 5.11. The van der Waals surface area contributed by atoms with E-state index in [0.29, 0.717) is 5.82 Å². The summed E-state index contributed by atoms with van der Waals surface area (Å²) >= 11 is 0. The maximum absolute atomic E-state index is 5.21. The Morgan fingerprint density at radius 1 is 1.33 bits per heavy atom. The summed E-state index contributed by atoms with van der Waals surface area (Å²) in [4.78, 5) is 7.30. The van der Waals surface area contributed by atoms with Gasteiger partial charge >= 0.3 is 0 Å². The summed E-state index contributed by atoms with van der Waals surface area (Å²) in [6.45, 7) is 0. The van der Waals surface area contributed by atoms with Crippen molar-refractivity contribution >= 4 is 30.6 Å². The first-order valence-corrected chi connectivity index (χ1v) is 1.91. The summed E-state index contributed by atoms with van der Waals surface area (Å²) in [6, 6.07) is 1.64. The van der Waals surface area contributed by atoms with Gasteiger partial charge in [-0.1, -0.05) is 0 Å². The highest BCUT2D eigenvalue weighted by atomic mass is 35.5. The van der Waals surface area contributed by atoms with Crippen LogP contribution >= 0.6 is 24.8 Å². The van der Waals surface area contributed by atoms with Gasteiger partial charge in [-0.25, -0.2) is 9.97 Å². The molecule has 0 aliphatic heterocycles. The van der Waals surface area contributed by atoms with Crippen molar-refractivity contribution in [1.82, 2.24) is 9.97 Å². The zero-order valence-electron chi connectivity index (χ0n) is 4.52. The number of hydrogen-bond donors (Lipinski definition) is 1. The highest BCUT2D eigenvalue weighted by Gasteiger charge is 1.74. The molecule has 0 unspecified atom stereocenters. The predicted molar refractivity (Wildman–Crippen MR) is 40.9 cm³/mol. The third-order valence-corrected chi connectivity index (χ3v) is 0.605. The van der Waals surface area contributed by atoms with Gasteiger partial charge in [-0.3, -0.25) is 0 Å². The van der Waals surface area contributed by atoms with E-state index in [0.717, 1.165) is 0 Å². The minimum atomic E-state index is 0. The first kappa shape index (κ1) is 11.3. The molecule has 0 fully saturated rings. The fourth-order valence-electron chi connectivity index (χ4n) is 0.301. The van der Waals surface area contributed by atoms with Gasteiger partial charge in [0.15, 0.2) is 0 Å². The molecule has 1 aromatic rings. The van der Waals surface area contributed by atoms with Crippen LogP contribution in [0.15, 0.2) is 18.6 Å². The first-order valence-electron chi connectivity index (χ1n) is 1.91. The normalized spacial score (nSPS) is 6.67. The van der Waals surface area contributed by atoms with E-state index in [4.69, 9.17) is 5.73 Å². The molecule has 1 aromatic heterocycles. The number of halogens is 2. The number of hydrogen-bond acceptors (Lipinski definition) is 3. The number of nitrogens with two attached hydrogens (primary N) is 1. The Morgan fingerprint density at radius 2 is 2.00 bits per heavy atom. The average Bonchev–Trinajstić information content (AvgIpc) is 1.69. The van der Waals surface area contributed by atoms with Crippen molar-refractivity contribution in [2.75, 3.05) is 5.73 Å². The first-order chi connectivity index (χ1) is 3.39. The Balaban J connectivity index is 0. The fraction of sp³-hybridized carbons (Fsp3) is 0. The lowest BCUT2D eigenvalue weighted by Crippen LogP contribution is -1.87. The highest BCUT2D eigenvalue weighted by Crippen LogP contribution is 1.85. The molecule has 0 saturated carbocycles. The van der Waals surface area contributed by atoms with Gasteiger partial charge in [0.2, 0.25) is 0 Å². The Hall–Kier alpha value is -0.540. The number of anilines is 1. The second kappa shape index (κ2) is 5.59. The van der Waals surface area contributed by atoms with Crippen molar-refractivity contribution in [3.63, 3.8) is 0 Å². The number of nitrogens with zero attached hydrogens (tertiary/aromatic N) is 2. The van der Waals surface area contributed by atoms with Crippen molar-refractivity contribution in [1.29, 1.82) is 0 Å². The van der Waals surface area contributed by atoms with E-state index in [1.54, 1.807) is 12.3 Å². The summed E-state index contributed by atoms with van der Waals surface area (Å²) in [5.41, 5.74) is 5.21. The smallest absolute Gasteiger partial charge is 0.126 e. The molecule has 1 rings (SSSR count). The number of rotatable bonds is 0. The molecular formula is C4H7Cl2N3. The van der Waals surface area contributed by atoms with Crippen LogP contribution in [-0.2, 0) is 0 Å². The molecule has 0 aliphatic carbocycles. The minimum Gasteiger partial charge on any atom is -0.384 e. The second-order valence-electron chi connectivity index (χ2n) is 1.13. The van der Waals surface area contributed by atoms with Crippen molar-refractivity contribution in [2.45, 2.75) is 0 Å². The van der Waals surface area contributed by atoms with Crippen LogP contribution < -0.4 is 5.73 Å². The van der Waals surface area contributed by atoms with Crippen molar-refractivity contribution in [3.05, 3.63) is 18.6 Å². The van der Waals surface area contributed by atoms with E-state index in [9.17, 15) is 0 Å². The molecule has 0 aliphatic rings. The number of aromatic nitrogens is 2. The Bertz CT molecular complexity index is 144. The number of nitrogen functional groups attached to an aromatic ring is 1. The van der Waals surface area contributed by atoms with Crippen molar-refractivity contribution < 1.29 is 0 Å². The van der Waals surface area contributed by atoms with Gasteiger partial charge in [0.1, 0.15) is 12.1 Å². The fourth-order valence-corrected chi connectivity index (χ4v) is 0.301. The summed E-state index contributed by atoms with van der Waals surface area (Å²) in [6.07, 6.45) is 3.01. The molecule has 0 atom stereocenters. The quantitative estimate of drug-likeness (QED) is 0.626. The summed E-state index contributed by atoms with van der Waals surface area (Å²) in [5, 5.41) is 0. The van der Waals surface area contributed by atoms with E-state index in [-0.39, 0.29) is 24.8 Å². The van der Waals surface area contributed by atoms with Gasteiger partial charge < -0.3 is 5.73 Å². The van der Waals surface area contributed by atoms with Gasteiger partial charge in [0.25, 0.3) is 0 Å². The molecule has 1 heterocycles. The molecule has 0 bridgehead atoms. The summed E-state index contributed by atoms with van der Waals surface area (Å²) < 4.78 is 0. The van der Waals surface area contributed by atoms with Crippen LogP contribution in [0.5, 0.6) is 0 Å². The largest absolute Gasteiger partial charge is 0.384 e. The van der Waals surface area contributed by atoms with E-state index in [2.05, 4.69) is 9.97 Å². The molecule has 0 radical (unpaired) electrons. The lowest BCUT2D eigenvalue weighted by molar-refractivity contribution is 1.18. The summed E-state index contributed by atoms with van der Waals surface area (Å²) in [7, 11) is 0. The van der Waals surface area contributed by atoms with Crippen LogP contribution in [0.1, 0.15) is 0 Å². The topological polar surface area (TPSA) is 51.8 Å². The van der Waals surface area contributed by atoms with E-state index in [1.807, 2.05) is 0 Å². The average molecular weight is 168 g/mol. The zero-order valence-corrected chi connectivity index (χ0v) is 6.15. The van der Waals surface area contributed by atoms with E-state index >= 15 is 0 Å². The lowest BCUT2D eigenvalue weighted by atomic mass is 10.6. The van der Waals surface area contributed by atoms with Crippen molar-refractivity contribution in [3.8, 4) is 0 Å².